The van der Waals surface area contributed by atoms with Gasteiger partial charge in [-0.1, -0.05) is 11.6 Å². The van der Waals surface area contributed by atoms with Crippen LogP contribution in [0.15, 0.2) is 10.6 Å². The van der Waals surface area contributed by atoms with Crippen LogP contribution < -0.4 is 5.32 Å². The molecule has 0 saturated carbocycles. The Kier molecular flexibility index (Phi) is 2.64. The van der Waals surface area contributed by atoms with E-state index in [1.807, 2.05) is 6.92 Å². The minimum Gasteiger partial charge on any atom is -0.444 e. The summed E-state index contributed by atoms with van der Waals surface area (Å²) in [6.07, 6.45) is 1.66. The van der Waals surface area contributed by atoms with Gasteiger partial charge in [0.15, 0.2) is 11.0 Å². The van der Waals surface area contributed by atoms with Crippen LogP contribution >= 0.6 is 23.3 Å². The second kappa shape index (κ2) is 3.93. The first-order valence-electron chi connectivity index (χ1n) is 3.89. The summed E-state index contributed by atoms with van der Waals surface area (Å²) < 4.78 is 13.0. The van der Waals surface area contributed by atoms with Crippen LogP contribution in [0.4, 0.5) is 5.82 Å². The van der Waals surface area contributed by atoms with Crippen LogP contribution in [0.5, 0.6) is 0 Å². The molecule has 2 heterocycles. The molecule has 0 unspecified atom stereocenters. The lowest BCUT2D eigenvalue weighted by molar-refractivity contribution is 0.479. The fourth-order valence-electron chi connectivity index (χ4n) is 0.926. The lowest BCUT2D eigenvalue weighted by Gasteiger charge is -1.97. The van der Waals surface area contributed by atoms with Gasteiger partial charge in [-0.25, -0.2) is 4.98 Å². The Labute approximate surface area is 89.4 Å². The molecule has 5 nitrogen and oxygen atoms in total. The number of hydrogen-bond acceptors (Lipinski definition) is 6. The molecule has 0 bridgehead atoms. The van der Waals surface area contributed by atoms with E-state index in [1.165, 1.54) is 0 Å². The molecule has 0 aliphatic carbocycles. The lowest BCUT2D eigenvalue weighted by atomic mass is 10.6. The van der Waals surface area contributed by atoms with Gasteiger partial charge in [0, 0.05) is 0 Å². The molecule has 0 aliphatic heterocycles. The maximum Gasteiger partial charge on any atom is 0.213 e. The zero-order valence-corrected chi connectivity index (χ0v) is 8.89. The number of hydrogen-bond donors (Lipinski definition) is 1. The van der Waals surface area contributed by atoms with Crippen molar-refractivity contribution in [2.45, 2.75) is 13.5 Å². The molecular formula is C7H7ClN4OS. The van der Waals surface area contributed by atoms with Crippen molar-refractivity contribution in [3.8, 4) is 0 Å². The van der Waals surface area contributed by atoms with Crippen LogP contribution in [0, 0.1) is 6.92 Å². The summed E-state index contributed by atoms with van der Waals surface area (Å²) in [5, 5.41) is 3.34. The van der Waals surface area contributed by atoms with Crippen molar-refractivity contribution in [2.75, 3.05) is 5.32 Å². The van der Waals surface area contributed by atoms with Crippen LogP contribution in [0.2, 0.25) is 5.15 Å². The Bertz CT molecular complexity index is 427. The molecule has 2 aromatic rings. The largest absolute Gasteiger partial charge is 0.444 e. The van der Waals surface area contributed by atoms with E-state index in [-0.39, 0.29) is 0 Å². The molecule has 0 aromatic carbocycles. The van der Waals surface area contributed by atoms with Gasteiger partial charge in [0.25, 0.3) is 0 Å². The van der Waals surface area contributed by atoms with Crippen molar-refractivity contribution in [3.05, 3.63) is 23.0 Å². The fourth-order valence-corrected chi connectivity index (χ4v) is 1.61. The minimum absolute atomic E-state index is 0.373. The molecular weight excluding hydrogens is 224 g/mol. The molecule has 0 aliphatic rings. The van der Waals surface area contributed by atoms with E-state index in [4.69, 9.17) is 16.0 Å². The quantitative estimate of drug-likeness (QED) is 0.875. The van der Waals surface area contributed by atoms with E-state index in [9.17, 15) is 0 Å². The van der Waals surface area contributed by atoms with E-state index in [0.29, 0.717) is 23.4 Å². The predicted octanol–water partition coefficient (Wildman–Crippen LogP) is 2.10. The molecule has 7 heteroatoms. The van der Waals surface area contributed by atoms with Gasteiger partial charge < -0.3 is 9.73 Å². The van der Waals surface area contributed by atoms with Crippen molar-refractivity contribution in [2.24, 2.45) is 0 Å². The van der Waals surface area contributed by atoms with Gasteiger partial charge in [-0.15, -0.1) is 0 Å². The van der Waals surface area contributed by atoms with Gasteiger partial charge in [0.1, 0.15) is 5.76 Å². The molecule has 0 radical (unpaired) electrons. The first-order valence-corrected chi connectivity index (χ1v) is 5.00. The number of nitrogens with zero attached hydrogens (tertiary/aromatic N) is 3. The number of anilines is 1. The second-order valence-electron chi connectivity index (χ2n) is 2.62. The standard InChI is InChI=1S/C7H7ClN4OS/c1-4-2-9-5(13-4)3-10-7-6(8)11-14-12-7/h2H,3H2,1H3,(H,10,12). The SMILES string of the molecule is Cc1cnc(CNc2nsnc2Cl)o1. The zero-order chi connectivity index (χ0) is 9.97. The van der Waals surface area contributed by atoms with Gasteiger partial charge in [-0.2, -0.15) is 8.75 Å². The van der Waals surface area contributed by atoms with Crippen molar-refractivity contribution in [1.82, 2.24) is 13.7 Å². The number of aryl methyl sites for hydroxylation is 1. The van der Waals surface area contributed by atoms with Crippen molar-refractivity contribution >= 4 is 29.1 Å². The molecule has 0 spiro atoms. The molecule has 0 amide bonds. The van der Waals surface area contributed by atoms with Gasteiger partial charge >= 0.3 is 0 Å². The summed E-state index contributed by atoms with van der Waals surface area (Å²) >= 11 is 6.80. The molecule has 14 heavy (non-hydrogen) atoms. The summed E-state index contributed by atoms with van der Waals surface area (Å²) in [6.45, 7) is 2.30. The van der Waals surface area contributed by atoms with Gasteiger partial charge in [-0.3, -0.25) is 0 Å². The molecule has 0 saturated heterocycles. The summed E-state index contributed by atoms with van der Waals surface area (Å²) in [7, 11) is 0. The van der Waals surface area contributed by atoms with Crippen LogP contribution in [-0.2, 0) is 6.54 Å². The maximum absolute atomic E-state index is 5.73. The topological polar surface area (TPSA) is 63.8 Å². The highest BCUT2D eigenvalue weighted by molar-refractivity contribution is 6.99. The average Bonchev–Trinajstić information content (AvgIpc) is 2.72. The molecule has 74 valence electrons. The summed E-state index contributed by atoms with van der Waals surface area (Å²) in [4.78, 5) is 4.03. The summed E-state index contributed by atoms with van der Waals surface area (Å²) in [5.41, 5.74) is 0. The van der Waals surface area contributed by atoms with Crippen LogP contribution in [0.25, 0.3) is 0 Å². The maximum atomic E-state index is 5.73. The van der Waals surface area contributed by atoms with Crippen molar-refractivity contribution in [1.29, 1.82) is 0 Å². The van der Waals surface area contributed by atoms with E-state index in [0.717, 1.165) is 17.5 Å². The van der Waals surface area contributed by atoms with E-state index in [2.05, 4.69) is 19.0 Å². The Balaban J connectivity index is 1.98. The van der Waals surface area contributed by atoms with Crippen LogP contribution in [0.3, 0.4) is 0 Å². The third-order valence-electron chi connectivity index (χ3n) is 1.52. The third-order valence-corrected chi connectivity index (χ3v) is 2.42. The number of nitrogens with one attached hydrogen (secondary N) is 1. The highest BCUT2D eigenvalue weighted by atomic mass is 35.5. The molecule has 0 fully saturated rings. The highest BCUT2D eigenvalue weighted by Crippen LogP contribution is 2.18. The monoisotopic (exact) mass is 230 g/mol. The second-order valence-corrected chi connectivity index (χ2v) is 3.51. The normalized spacial score (nSPS) is 10.4. The van der Waals surface area contributed by atoms with Crippen LogP contribution in [0.1, 0.15) is 11.7 Å². The average molecular weight is 231 g/mol. The zero-order valence-electron chi connectivity index (χ0n) is 7.32. The Morgan fingerprint density at radius 3 is 3.00 bits per heavy atom. The van der Waals surface area contributed by atoms with Gasteiger partial charge in [0.2, 0.25) is 5.89 Å². The number of aromatic nitrogens is 3. The number of halogens is 1. The first-order chi connectivity index (χ1) is 6.75. The predicted molar refractivity (Wildman–Crippen MR) is 53.5 cm³/mol. The van der Waals surface area contributed by atoms with E-state index in [1.54, 1.807) is 6.20 Å². The third kappa shape index (κ3) is 2.02. The van der Waals surface area contributed by atoms with Crippen LogP contribution in [-0.4, -0.2) is 13.7 Å². The Hall–Kier alpha value is -1.14. The summed E-state index contributed by atoms with van der Waals surface area (Å²) in [6, 6.07) is 0. The molecule has 2 aromatic heterocycles. The van der Waals surface area contributed by atoms with E-state index < -0.39 is 0 Å². The van der Waals surface area contributed by atoms with Crippen molar-refractivity contribution in [3.63, 3.8) is 0 Å². The molecule has 2 rings (SSSR count). The minimum atomic E-state index is 0.373. The van der Waals surface area contributed by atoms with Gasteiger partial charge in [-0.05, 0) is 6.92 Å². The highest BCUT2D eigenvalue weighted by Gasteiger charge is 2.06. The van der Waals surface area contributed by atoms with E-state index >= 15 is 0 Å². The molecule has 1 N–H and O–H groups in total. The smallest absolute Gasteiger partial charge is 0.213 e. The Morgan fingerprint density at radius 1 is 1.57 bits per heavy atom. The summed E-state index contributed by atoms with van der Waals surface area (Å²) in [5.74, 6) is 1.95. The number of oxazole rings is 1. The van der Waals surface area contributed by atoms with Gasteiger partial charge in [0.05, 0.1) is 24.5 Å². The fraction of sp³-hybridized carbons (Fsp3) is 0.286. The van der Waals surface area contributed by atoms with Crippen molar-refractivity contribution < 1.29 is 4.42 Å². The number of rotatable bonds is 3. The first kappa shape index (κ1) is 9.42. The lowest BCUT2D eigenvalue weighted by Crippen LogP contribution is -1.99. The Morgan fingerprint density at radius 2 is 2.43 bits per heavy atom. The molecule has 0 atom stereocenters.